The summed E-state index contributed by atoms with van der Waals surface area (Å²) in [4.78, 5) is 6.78. The third-order valence-electron chi connectivity index (χ3n) is 5.53. The van der Waals surface area contributed by atoms with Gasteiger partial charge in [0.2, 0.25) is 0 Å². The van der Waals surface area contributed by atoms with Gasteiger partial charge in [0, 0.05) is 38.4 Å². The van der Waals surface area contributed by atoms with E-state index in [1.807, 2.05) is 41.0 Å². The molecule has 3 heterocycles. The van der Waals surface area contributed by atoms with E-state index in [1.165, 1.54) is 11.1 Å². The van der Waals surface area contributed by atoms with Gasteiger partial charge in [0.25, 0.3) is 0 Å². The summed E-state index contributed by atoms with van der Waals surface area (Å²) in [6, 6.07) is 10.8. The molecular formula is C21H27N5O. The van der Waals surface area contributed by atoms with Gasteiger partial charge in [-0.1, -0.05) is 24.3 Å². The Labute approximate surface area is 160 Å². The molecule has 0 saturated carbocycles. The number of rotatable bonds is 6. The molecule has 1 atom stereocenters. The first-order valence-corrected chi connectivity index (χ1v) is 9.62. The second-order valence-corrected chi connectivity index (χ2v) is 7.47. The molecule has 1 aliphatic rings. The second kappa shape index (κ2) is 8.06. The number of aromatic nitrogens is 4. The van der Waals surface area contributed by atoms with Gasteiger partial charge in [-0.25, -0.2) is 4.98 Å². The van der Waals surface area contributed by atoms with Crippen molar-refractivity contribution in [2.24, 2.45) is 13.0 Å². The number of hydrogen-bond acceptors (Lipinski definition) is 4. The molecule has 1 fully saturated rings. The average Bonchev–Trinajstić information content (AvgIpc) is 3.35. The third kappa shape index (κ3) is 4.28. The average molecular weight is 365 g/mol. The fourth-order valence-corrected chi connectivity index (χ4v) is 3.89. The van der Waals surface area contributed by atoms with Gasteiger partial charge in [0.05, 0.1) is 6.54 Å². The fraction of sp³-hybridized carbons (Fsp3) is 0.429. The summed E-state index contributed by atoms with van der Waals surface area (Å²) in [5.41, 5.74) is 2.60. The molecule has 1 unspecified atom stereocenters. The highest BCUT2D eigenvalue weighted by molar-refractivity contribution is 5.22. The zero-order valence-electron chi connectivity index (χ0n) is 15.8. The molecule has 4 rings (SSSR count). The topological polar surface area (TPSA) is 59.1 Å². The lowest BCUT2D eigenvalue weighted by Crippen LogP contribution is -2.35. The van der Waals surface area contributed by atoms with Crippen LogP contribution in [-0.2, 0) is 20.1 Å². The van der Waals surface area contributed by atoms with Crippen molar-refractivity contribution < 1.29 is 5.11 Å². The molecule has 27 heavy (non-hydrogen) atoms. The number of imidazole rings is 1. The Morgan fingerprint density at radius 2 is 1.74 bits per heavy atom. The van der Waals surface area contributed by atoms with E-state index in [-0.39, 0.29) is 0 Å². The molecule has 6 heteroatoms. The van der Waals surface area contributed by atoms with Gasteiger partial charge in [-0.05, 0) is 49.0 Å². The molecule has 0 amide bonds. The van der Waals surface area contributed by atoms with E-state index in [1.54, 1.807) is 6.20 Å². The molecule has 0 spiro atoms. The van der Waals surface area contributed by atoms with Crippen LogP contribution >= 0.6 is 0 Å². The molecule has 1 aliphatic heterocycles. The van der Waals surface area contributed by atoms with Crippen LogP contribution < -0.4 is 0 Å². The van der Waals surface area contributed by atoms with E-state index in [0.717, 1.165) is 44.8 Å². The zero-order chi connectivity index (χ0) is 18.6. The van der Waals surface area contributed by atoms with Crippen molar-refractivity contribution in [3.63, 3.8) is 0 Å². The van der Waals surface area contributed by atoms with Gasteiger partial charge in [-0.2, -0.15) is 5.10 Å². The van der Waals surface area contributed by atoms with Crippen LogP contribution in [0.1, 0.15) is 35.9 Å². The Kier molecular flexibility index (Phi) is 5.36. The number of hydrogen-bond donors (Lipinski definition) is 1. The highest BCUT2D eigenvalue weighted by Crippen LogP contribution is 2.30. The van der Waals surface area contributed by atoms with Crippen LogP contribution in [0.15, 0.2) is 55.1 Å². The van der Waals surface area contributed by atoms with Gasteiger partial charge in [-0.3, -0.25) is 9.58 Å². The lowest BCUT2D eigenvalue weighted by Gasteiger charge is -2.34. The molecule has 6 nitrogen and oxygen atoms in total. The molecule has 0 radical (unpaired) electrons. The van der Waals surface area contributed by atoms with Gasteiger partial charge in [-0.15, -0.1) is 0 Å². The number of aliphatic hydroxyl groups is 1. The van der Waals surface area contributed by atoms with Crippen LogP contribution in [-0.4, -0.2) is 42.4 Å². The van der Waals surface area contributed by atoms with E-state index in [4.69, 9.17) is 0 Å². The summed E-state index contributed by atoms with van der Waals surface area (Å²) in [6.45, 7) is 3.80. The lowest BCUT2D eigenvalue weighted by molar-refractivity contribution is 0.0492. The molecule has 1 N–H and O–H groups in total. The summed E-state index contributed by atoms with van der Waals surface area (Å²) in [5, 5.41) is 14.9. The first-order chi connectivity index (χ1) is 13.2. The molecule has 1 saturated heterocycles. The zero-order valence-corrected chi connectivity index (χ0v) is 15.8. The Morgan fingerprint density at radius 3 is 2.33 bits per heavy atom. The van der Waals surface area contributed by atoms with E-state index in [2.05, 4.69) is 39.2 Å². The Bertz CT molecular complexity index is 832. The smallest absolute Gasteiger partial charge is 0.137 e. The van der Waals surface area contributed by atoms with Crippen LogP contribution in [0.3, 0.4) is 0 Å². The number of benzene rings is 1. The van der Waals surface area contributed by atoms with Crippen LogP contribution in [0.5, 0.6) is 0 Å². The van der Waals surface area contributed by atoms with E-state index in [9.17, 15) is 5.11 Å². The highest BCUT2D eigenvalue weighted by atomic mass is 16.3. The second-order valence-electron chi connectivity index (χ2n) is 7.47. The molecule has 1 aromatic carbocycles. The summed E-state index contributed by atoms with van der Waals surface area (Å²) < 4.78 is 3.86. The number of aryl methyl sites for hydroxylation is 1. The Morgan fingerprint density at radius 1 is 1.04 bits per heavy atom. The largest absolute Gasteiger partial charge is 0.385 e. The molecule has 0 bridgehead atoms. The van der Waals surface area contributed by atoms with Crippen LogP contribution in [0, 0.1) is 5.92 Å². The minimum atomic E-state index is -0.464. The lowest BCUT2D eigenvalue weighted by atomic mass is 9.90. The van der Waals surface area contributed by atoms with Crippen molar-refractivity contribution >= 4 is 0 Å². The predicted molar refractivity (Wildman–Crippen MR) is 104 cm³/mol. The quantitative estimate of drug-likeness (QED) is 0.729. The number of piperidine rings is 1. The van der Waals surface area contributed by atoms with Gasteiger partial charge in [0.1, 0.15) is 11.9 Å². The maximum absolute atomic E-state index is 10.6. The number of likely N-dealkylation sites (tertiary alicyclic amines) is 1. The van der Waals surface area contributed by atoms with Crippen LogP contribution in [0.4, 0.5) is 0 Å². The number of nitrogens with zero attached hydrogens (tertiary/aromatic N) is 5. The maximum Gasteiger partial charge on any atom is 0.137 e. The molecule has 3 aromatic rings. The monoisotopic (exact) mass is 365 g/mol. The standard InChI is InChI=1S/C21H27N5O/c1-24-14-10-22-21(24)20(27)19-7-12-25(13-8-19)15-17-3-5-18(6-4-17)16-26-11-2-9-23-26/h2-6,9-11,14,19-20,27H,7-8,12-13,15-16H2,1H3. The summed E-state index contributed by atoms with van der Waals surface area (Å²) in [5.74, 6) is 1.07. The van der Waals surface area contributed by atoms with E-state index < -0.39 is 6.10 Å². The Balaban J connectivity index is 1.28. The third-order valence-corrected chi connectivity index (χ3v) is 5.53. The number of aliphatic hydroxyl groups excluding tert-OH is 1. The van der Waals surface area contributed by atoms with E-state index >= 15 is 0 Å². The van der Waals surface area contributed by atoms with Crippen molar-refractivity contribution in [2.45, 2.75) is 32.0 Å². The van der Waals surface area contributed by atoms with Gasteiger partial charge < -0.3 is 9.67 Å². The van der Waals surface area contributed by atoms with Crippen molar-refractivity contribution in [2.75, 3.05) is 13.1 Å². The van der Waals surface area contributed by atoms with Crippen LogP contribution in [0.25, 0.3) is 0 Å². The predicted octanol–water partition coefficient (Wildman–Crippen LogP) is 2.61. The maximum atomic E-state index is 10.6. The van der Waals surface area contributed by atoms with Crippen molar-refractivity contribution in [1.82, 2.24) is 24.2 Å². The van der Waals surface area contributed by atoms with Crippen molar-refractivity contribution in [3.8, 4) is 0 Å². The SMILES string of the molecule is Cn1ccnc1C(O)C1CCN(Cc2ccc(Cn3cccn3)cc2)CC1. The summed E-state index contributed by atoms with van der Waals surface area (Å²) in [6.07, 6.45) is 8.98. The minimum absolute atomic E-state index is 0.291. The van der Waals surface area contributed by atoms with Gasteiger partial charge >= 0.3 is 0 Å². The Hall–Kier alpha value is -2.44. The molecule has 142 valence electrons. The first kappa shape index (κ1) is 17.9. The summed E-state index contributed by atoms with van der Waals surface area (Å²) >= 11 is 0. The van der Waals surface area contributed by atoms with Gasteiger partial charge in [0.15, 0.2) is 0 Å². The fourth-order valence-electron chi connectivity index (χ4n) is 3.89. The van der Waals surface area contributed by atoms with Crippen LogP contribution in [0.2, 0.25) is 0 Å². The van der Waals surface area contributed by atoms with Crippen molar-refractivity contribution in [3.05, 3.63) is 72.1 Å². The molecule has 2 aromatic heterocycles. The molecule has 0 aliphatic carbocycles. The highest BCUT2D eigenvalue weighted by Gasteiger charge is 2.28. The summed E-state index contributed by atoms with van der Waals surface area (Å²) in [7, 11) is 1.94. The van der Waals surface area contributed by atoms with Crippen molar-refractivity contribution in [1.29, 1.82) is 0 Å². The molecular weight excluding hydrogens is 338 g/mol. The van der Waals surface area contributed by atoms with E-state index in [0.29, 0.717) is 5.92 Å². The minimum Gasteiger partial charge on any atom is -0.385 e. The normalized spacial score (nSPS) is 17.3. The first-order valence-electron chi connectivity index (χ1n) is 9.62.